The van der Waals surface area contributed by atoms with E-state index in [1.807, 2.05) is 12.1 Å². The van der Waals surface area contributed by atoms with Crippen LogP contribution in [0.25, 0.3) is 0 Å². The molecule has 2 aliphatic rings. The molecule has 1 aromatic carbocycles. The minimum absolute atomic E-state index is 0.402. The minimum Gasteiger partial charge on any atom is -0.490 e. The van der Waals surface area contributed by atoms with E-state index >= 15 is 0 Å². The molecule has 1 fully saturated rings. The lowest BCUT2D eigenvalue weighted by Crippen LogP contribution is -2.47. The Balaban J connectivity index is 1.67. The van der Waals surface area contributed by atoms with Crippen LogP contribution in [0.5, 0.6) is 11.5 Å². The Kier molecular flexibility index (Phi) is 5.35. The summed E-state index contributed by atoms with van der Waals surface area (Å²) in [5.74, 6) is 1.22. The van der Waals surface area contributed by atoms with Gasteiger partial charge in [-0.1, -0.05) is 6.07 Å². The van der Waals surface area contributed by atoms with Crippen molar-refractivity contribution in [3.8, 4) is 11.5 Å². The second-order valence-corrected chi connectivity index (χ2v) is 6.04. The molecule has 0 spiro atoms. The molecule has 0 radical (unpaired) electrons. The molecular weight excluding hydrogens is 296 g/mol. The maximum Gasteiger partial charge on any atom is 0.247 e. The summed E-state index contributed by atoms with van der Waals surface area (Å²) in [5.41, 5.74) is 6.47. The van der Waals surface area contributed by atoms with Crippen LogP contribution in [0.2, 0.25) is 0 Å². The van der Waals surface area contributed by atoms with Crippen LogP contribution in [0.4, 0.5) is 0 Å². The fourth-order valence-electron chi connectivity index (χ4n) is 2.90. The van der Waals surface area contributed by atoms with Crippen LogP contribution in [0, 0.1) is 0 Å². The van der Waals surface area contributed by atoms with Crippen molar-refractivity contribution in [2.24, 2.45) is 5.73 Å². The van der Waals surface area contributed by atoms with Crippen LogP contribution in [0.15, 0.2) is 18.2 Å². The lowest BCUT2D eigenvalue weighted by atomic mass is 10.1. The summed E-state index contributed by atoms with van der Waals surface area (Å²) in [6.07, 6.45) is 2.73. The van der Waals surface area contributed by atoms with E-state index in [-0.39, 0.29) is 0 Å². The third-order valence-corrected chi connectivity index (χ3v) is 4.19. The van der Waals surface area contributed by atoms with Crippen molar-refractivity contribution in [1.29, 1.82) is 0 Å². The highest BCUT2D eigenvalue weighted by atomic mass is 16.5. The van der Waals surface area contributed by atoms with Crippen LogP contribution in [-0.2, 0) is 16.1 Å². The largest absolute Gasteiger partial charge is 0.490 e. The Bertz CT molecular complexity index is 549. The molecule has 1 amide bonds. The molecule has 6 heteroatoms. The number of ether oxygens (including phenoxy) is 3. The molecule has 1 aromatic rings. The molecule has 126 valence electrons. The molecule has 1 atom stereocenters. The Hall–Kier alpha value is -1.79. The number of fused-ring (bicyclic) bond motifs is 1. The van der Waals surface area contributed by atoms with Crippen LogP contribution >= 0.6 is 0 Å². The van der Waals surface area contributed by atoms with E-state index in [1.54, 1.807) is 0 Å². The fraction of sp³-hybridized carbons (Fsp3) is 0.588. The van der Waals surface area contributed by atoms with Gasteiger partial charge in [-0.05, 0) is 37.0 Å². The van der Waals surface area contributed by atoms with Crippen LogP contribution in [-0.4, -0.2) is 49.8 Å². The Morgan fingerprint density at radius 3 is 2.70 bits per heavy atom. The second kappa shape index (κ2) is 7.66. The lowest BCUT2D eigenvalue weighted by Gasteiger charge is -2.31. The van der Waals surface area contributed by atoms with Gasteiger partial charge in [-0.2, -0.15) is 0 Å². The van der Waals surface area contributed by atoms with E-state index in [1.165, 1.54) is 0 Å². The van der Waals surface area contributed by atoms with Crippen molar-refractivity contribution >= 4 is 5.91 Å². The van der Waals surface area contributed by atoms with E-state index in [4.69, 9.17) is 19.9 Å². The molecule has 3 rings (SSSR count). The van der Waals surface area contributed by atoms with Crippen molar-refractivity contribution in [3.05, 3.63) is 23.8 Å². The first-order valence-electron chi connectivity index (χ1n) is 8.24. The molecule has 0 bridgehead atoms. The molecule has 2 N–H and O–H groups in total. The number of benzene rings is 1. The summed E-state index contributed by atoms with van der Waals surface area (Å²) in [5, 5.41) is 0. The molecule has 1 unspecified atom stereocenters. The number of morpholine rings is 1. The number of nitrogens with zero attached hydrogens (tertiary/aromatic N) is 1. The Morgan fingerprint density at radius 2 is 1.91 bits per heavy atom. The molecule has 2 heterocycles. The third-order valence-electron chi connectivity index (χ3n) is 4.19. The average molecular weight is 320 g/mol. The Labute approximate surface area is 136 Å². The quantitative estimate of drug-likeness (QED) is 0.909. The summed E-state index contributed by atoms with van der Waals surface area (Å²) in [4.78, 5) is 13.5. The molecule has 0 saturated carbocycles. The first-order valence-corrected chi connectivity index (χ1v) is 8.24. The first kappa shape index (κ1) is 16.1. The first-order chi connectivity index (χ1) is 11.2. The number of hydrogen-bond donors (Lipinski definition) is 1. The van der Waals surface area contributed by atoms with Crippen LogP contribution < -0.4 is 15.2 Å². The zero-order valence-corrected chi connectivity index (χ0v) is 13.3. The number of primary amides is 1. The summed E-state index contributed by atoms with van der Waals surface area (Å²) < 4.78 is 17.0. The normalized spacial score (nSPS) is 22.7. The van der Waals surface area contributed by atoms with Gasteiger partial charge in [-0.25, -0.2) is 0 Å². The second-order valence-electron chi connectivity index (χ2n) is 6.04. The maximum absolute atomic E-state index is 11.3. The smallest absolute Gasteiger partial charge is 0.247 e. The number of amides is 1. The van der Waals surface area contributed by atoms with Crippen LogP contribution in [0.1, 0.15) is 24.8 Å². The highest BCUT2D eigenvalue weighted by Gasteiger charge is 2.24. The molecule has 2 aliphatic heterocycles. The van der Waals surface area contributed by atoms with Crippen molar-refractivity contribution in [2.75, 3.05) is 32.9 Å². The zero-order valence-electron chi connectivity index (χ0n) is 13.3. The van der Waals surface area contributed by atoms with Gasteiger partial charge < -0.3 is 19.9 Å². The van der Waals surface area contributed by atoms with E-state index < -0.39 is 12.0 Å². The molecule has 0 aliphatic carbocycles. The minimum atomic E-state index is -0.517. The van der Waals surface area contributed by atoms with Gasteiger partial charge in [-0.15, -0.1) is 0 Å². The highest BCUT2D eigenvalue weighted by Crippen LogP contribution is 2.30. The summed E-state index contributed by atoms with van der Waals surface area (Å²) in [6.45, 7) is 4.05. The molecule has 6 nitrogen and oxygen atoms in total. The van der Waals surface area contributed by atoms with Gasteiger partial charge in [0.2, 0.25) is 5.91 Å². The van der Waals surface area contributed by atoms with Crippen molar-refractivity contribution in [1.82, 2.24) is 4.90 Å². The number of rotatable bonds is 3. The van der Waals surface area contributed by atoms with E-state index in [0.29, 0.717) is 13.2 Å². The number of hydrogen-bond acceptors (Lipinski definition) is 5. The molecule has 1 saturated heterocycles. The third kappa shape index (κ3) is 4.36. The van der Waals surface area contributed by atoms with Gasteiger partial charge in [-0.3, -0.25) is 9.69 Å². The van der Waals surface area contributed by atoms with Gasteiger partial charge in [0.1, 0.15) is 6.10 Å². The molecule has 0 aromatic heterocycles. The topological polar surface area (TPSA) is 74.0 Å². The zero-order chi connectivity index (χ0) is 16.1. The lowest BCUT2D eigenvalue weighted by molar-refractivity contribution is -0.135. The predicted octanol–water partition coefficient (Wildman–Crippen LogP) is 1.31. The van der Waals surface area contributed by atoms with Crippen molar-refractivity contribution < 1.29 is 19.0 Å². The summed E-state index contributed by atoms with van der Waals surface area (Å²) in [7, 11) is 0. The Morgan fingerprint density at radius 1 is 1.13 bits per heavy atom. The fourth-order valence-corrected chi connectivity index (χ4v) is 2.90. The summed E-state index contributed by atoms with van der Waals surface area (Å²) in [6, 6.07) is 6.06. The van der Waals surface area contributed by atoms with Gasteiger partial charge >= 0.3 is 0 Å². The van der Waals surface area contributed by atoms with Crippen molar-refractivity contribution in [2.45, 2.75) is 31.9 Å². The SMILES string of the molecule is NC(=O)C1CN(Cc2ccc3c(c2)OCCCCCO3)CCO1. The summed E-state index contributed by atoms with van der Waals surface area (Å²) >= 11 is 0. The standard InChI is InChI=1S/C17H24N2O4/c18-17(20)16-12-19(6-9-23-16)11-13-4-5-14-15(10-13)22-8-3-1-2-7-21-14/h4-5,10,16H,1-3,6-9,11-12H2,(H2,18,20). The molecule has 23 heavy (non-hydrogen) atoms. The maximum atomic E-state index is 11.3. The van der Waals surface area contributed by atoms with Gasteiger partial charge in [0.05, 0.1) is 19.8 Å². The number of carbonyl (C=O) groups excluding carboxylic acids is 1. The van der Waals surface area contributed by atoms with Gasteiger partial charge in [0.15, 0.2) is 11.5 Å². The van der Waals surface area contributed by atoms with Crippen molar-refractivity contribution in [3.63, 3.8) is 0 Å². The highest BCUT2D eigenvalue weighted by molar-refractivity contribution is 5.79. The van der Waals surface area contributed by atoms with E-state index in [9.17, 15) is 4.79 Å². The number of carbonyl (C=O) groups is 1. The average Bonchev–Trinajstić information content (AvgIpc) is 2.66. The van der Waals surface area contributed by atoms with Gasteiger partial charge in [0, 0.05) is 19.6 Å². The van der Waals surface area contributed by atoms with Gasteiger partial charge in [0.25, 0.3) is 0 Å². The van der Waals surface area contributed by atoms with Crippen LogP contribution in [0.3, 0.4) is 0 Å². The predicted molar refractivity (Wildman–Crippen MR) is 85.5 cm³/mol. The monoisotopic (exact) mass is 320 g/mol. The van der Waals surface area contributed by atoms with E-state index in [0.717, 1.165) is 62.6 Å². The molecular formula is C17H24N2O4. The van der Waals surface area contributed by atoms with E-state index in [2.05, 4.69) is 11.0 Å². The number of nitrogens with two attached hydrogens (primary N) is 1.